The van der Waals surface area contributed by atoms with Crippen molar-refractivity contribution in [3.63, 3.8) is 0 Å². The number of nitriles is 1. The van der Waals surface area contributed by atoms with Crippen LogP contribution in [0.25, 0.3) is 11.6 Å². The van der Waals surface area contributed by atoms with Crippen LogP contribution in [0.15, 0.2) is 60.7 Å². The Bertz CT molecular complexity index is 695. The van der Waals surface area contributed by atoms with Gasteiger partial charge in [0.2, 0.25) is 0 Å². The minimum atomic E-state index is 0.442. The zero-order valence-corrected chi connectivity index (χ0v) is 12.1. The summed E-state index contributed by atoms with van der Waals surface area (Å²) in [7, 11) is 0. The molecule has 20 heavy (non-hydrogen) atoms. The van der Waals surface area contributed by atoms with Gasteiger partial charge in [0, 0.05) is 0 Å². The molecule has 0 saturated carbocycles. The fourth-order valence-corrected chi connectivity index (χ4v) is 1.98. The lowest BCUT2D eigenvalue weighted by molar-refractivity contribution is 1.52. The summed E-state index contributed by atoms with van der Waals surface area (Å²) in [5, 5.41) is 10.1. The first-order valence-corrected chi connectivity index (χ1v) is 6.75. The van der Waals surface area contributed by atoms with E-state index in [0.29, 0.717) is 15.6 Å². The molecule has 0 aromatic heterocycles. The van der Waals surface area contributed by atoms with Crippen LogP contribution in [-0.2, 0) is 0 Å². The Balaban J connectivity index is 2.24. The van der Waals surface area contributed by atoms with Crippen molar-refractivity contribution in [2.45, 2.75) is 0 Å². The van der Waals surface area contributed by atoms with E-state index in [1.54, 1.807) is 24.3 Å². The summed E-state index contributed by atoms with van der Waals surface area (Å²) < 4.78 is 0. The molecule has 0 heterocycles. The third-order valence-electron chi connectivity index (χ3n) is 2.70. The lowest BCUT2D eigenvalue weighted by Crippen LogP contribution is -1.81. The molecule has 1 nitrogen and oxygen atoms in total. The van der Waals surface area contributed by atoms with E-state index in [2.05, 4.69) is 6.07 Å². The maximum Gasteiger partial charge on any atom is 0.0997 e. The molecule has 3 heteroatoms. The second kappa shape index (κ2) is 6.96. The number of nitrogens with zero attached hydrogens (tertiary/aromatic N) is 1. The normalized spacial score (nSPS) is 11.6. The number of benzene rings is 2. The standard InChI is InChI=1S/C17H11Cl2N/c18-16-10-9-14(11-17(16)19)15(12-20)8-4-7-13-5-2-1-3-6-13/h1-11H/b7-4+,15-8-. The second-order valence-electron chi connectivity index (χ2n) is 4.09. The molecule has 0 unspecified atom stereocenters. The monoisotopic (exact) mass is 299 g/mol. The summed E-state index contributed by atoms with van der Waals surface area (Å²) in [5.74, 6) is 0. The van der Waals surface area contributed by atoms with E-state index in [0.717, 1.165) is 11.1 Å². The Labute approximate surface area is 128 Å². The third kappa shape index (κ3) is 3.74. The molecule has 0 aliphatic heterocycles. The van der Waals surface area contributed by atoms with Crippen molar-refractivity contribution >= 4 is 34.9 Å². The predicted molar refractivity (Wildman–Crippen MR) is 85.5 cm³/mol. The van der Waals surface area contributed by atoms with E-state index in [9.17, 15) is 5.26 Å². The molecule has 2 aromatic carbocycles. The zero-order chi connectivity index (χ0) is 14.4. The van der Waals surface area contributed by atoms with Gasteiger partial charge in [-0.25, -0.2) is 0 Å². The van der Waals surface area contributed by atoms with Gasteiger partial charge in [-0.1, -0.05) is 71.8 Å². The molecule has 98 valence electrons. The number of hydrogen-bond acceptors (Lipinski definition) is 1. The fraction of sp³-hybridized carbons (Fsp3) is 0. The maximum absolute atomic E-state index is 9.21. The highest BCUT2D eigenvalue weighted by molar-refractivity contribution is 6.42. The highest BCUT2D eigenvalue weighted by Crippen LogP contribution is 2.26. The first-order chi connectivity index (χ1) is 9.70. The molecule has 0 N–H and O–H groups in total. The lowest BCUT2D eigenvalue weighted by atomic mass is 10.1. The quantitative estimate of drug-likeness (QED) is 0.533. The van der Waals surface area contributed by atoms with Crippen LogP contribution in [0.3, 0.4) is 0 Å². The third-order valence-corrected chi connectivity index (χ3v) is 3.44. The first-order valence-electron chi connectivity index (χ1n) is 5.99. The van der Waals surface area contributed by atoms with Crippen LogP contribution in [0, 0.1) is 11.3 Å². The Morgan fingerprint density at radius 1 is 1.00 bits per heavy atom. The van der Waals surface area contributed by atoms with Crippen LogP contribution in [0.5, 0.6) is 0 Å². The molecule has 0 spiro atoms. The maximum atomic E-state index is 9.21. The topological polar surface area (TPSA) is 23.8 Å². The molecule has 0 aliphatic rings. The minimum absolute atomic E-state index is 0.442. The SMILES string of the molecule is N#C/C(=C/C=C/c1ccccc1)c1ccc(Cl)c(Cl)c1. The van der Waals surface area contributed by atoms with Crippen molar-refractivity contribution in [2.24, 2.45) is 0 Å². The van der Waals surface area contributed by atoms with Crippen molar-refractivity contribution < 1.29 is 0 Å². The van der Waals surface area contributed by atoms with E-state index >= 15 is 0 Å². The van der Waals surface area contributed by atoms with Crippen LogP contribution in [0.2, 0.25) is 10.0 Å². The van der Waals surface area contributed by atoms with Crippen LogP contribution in [-0.4, -0.2) is 0 Å². The predicted octanol–water partition coefficient (Wildman–Crippen LogP) is 5.61. The van der Waals surface area contributed by atoms with Crippen molar-refractivity contribution in [3.8, 4) is 6.07 Å². The van der Waals surface area contributed by atoms with Gasteiger partial charge < -0.3 is 0 Å². The Morgan fingerprint density at radius 2 is 1.75 bits per heavy atom. The van der Waals surface area contributed by atoms with Crippen LogP contribution in [0.4, 0.5) is 0 Å². The molecule has 0 atom stereocenters. The van der Waals surface area contributed by atoms with Crippen molar-refractivity contribution in [1.82, 2.24) is 0 Å². The van der Waals surface area contributed by atoms with E-state index in [1.165, 1.54) is 0 Å². The summed E-state index contributed by atoms with van der Waals surface area (Å²) in [6.45, 7) is 0. The molecule has 0 radical (unpaired) electrons. The molecule has 0 aliphatic carbocycles. The number of allylic oxidation sites excluding steroid dienone is 3. The lowest BCUT2D eigenvalue weighted by Gasteiger charge is -2.00. The van der Waals surface area contributed by atoms with Gasteiger partial charge in [-0.2, -0.15) is 5.26 Å². The fourth-order valence-electron chi connectivity index (χ4n) is 1.68. The minimum Gasteiger partial charge on any atom is -0.192 e. The van der Waals surface area contributed by atoms with Gasteiger partial charge in [-0.3, -0.25) is 0 Å². The van der Waals surface area contributed by atoms with Gasteiger partial charge in [0.15, 0.2) is 0 Å². The van der Waals surface area contributed by atoms with Gasteiger partial charge in [0.05, 0.1) is 21.7 Å². The molecule has 2 rings (SSSR count). The van der Waals surface area contributed by atoms with Crippen LogP contribution < -0.4 is 0 Å². The number of rotatable bonds is 3. The summed E-state index contributed by atoms with van der Waals surface area (Å²) >= 11 is 11.8. The summed E-state index contributed by atoms with van der Waals surface area (Å²) in [6.07, 6.45) is 5.54. The van der Waals surface area contributed by atoms with Gasteiger partial charge in [-0.15, -0.1) is 0 Å². The molecule has 0 bridgehead atoms. The van der Waals surface area contributed by atoms with E-state index in [1.807, 2.05) is 42.5 Å². The summed E-state index contributed by atoms with van der Waals surface area (Å²) in [5.41, 5.74) is 2.37. The number of halogens is 2. The Kier molecular flexibility index (Phi) is 5.01. The van der Waals surface area contributed by atoms with E-state index in [-0.39, 0.29) is 0 Å². The molecule has 2 aromatic rings. The van der Waals surface area contributed by atoms with Crippen molar-refractivity contribution in [1.29, 1.82) is 5.26 Å². The summed E-state index contributed by atoms with van der Waals surface area (Å²) in [4.78, 5) is 0. The van der Waals surface area contributed by atoms with Crippen LogP contribution in [0.1, 0.15) is 11.1 Å². The van der Waals surface area contributed by atoms with Crippen molar-refractivity contribution in [2.75, 3.05) is 0 Å². The molecule has 0 amide bonds. The Morgan fingerprint density at radius 3 is 2.40 bits per heavy atom. The number of hydrogen-bond donors (Lipinski definition) is 0. The smallest absolute Gasteiger partial charge is 0.0997 e. The van der Waals surface area contributed by atoms with Gasteiger partial charge in [0.1, 0.15) is 0 Å². The van der Waals surface area contributed by atoms with Crippen molar-refractivity contribution in [3.05, 3.63) is 81.9 Å². The average Bonchev–Trinajstić information content (AvgIpc) is 2.48. The van der Waals surface area contributed by atoms with Gasteiger partial charge >= 0.3 is 0 Å². The van der Waals surface area contributed by atoms with E-state index < -0.39 is 0 Å². The first kappa shape index (κ1) is 14.4. The van der Waals surface area contributed by atoms with Gasteiger partial charge in [0.25, 0.3) is 0 Å². The molecule has 0 saturated heterocycles. The molecular weight excluding hydrogens is 289 g/mol. The highest BCUT2D eigenvalue weighted by atomic mass is 35.5. The van der Waals surface area contributed by atoms with Gasteiger partial charge in [-0.05, 0) is 29.3 Å². The highest BCUT2D eigenvalue weighted by Gasteiger charge is 2.03. The van der Waals surface area contributed by atoms with E-state index in [4.69, 9.17) is 23.2 Å². The summed E-state index contributed by atoms with van der Waals surface area (Å²) in [6, 6.07) is 17.2. The zero-order valence-electron chi connectivity index (χ0n) is 10.6. The molecular formula is C17H11Cl2N. The Hall–Kier alpha value is -2.01. The second-order valence-corrected chi connectivity index (χ2v) is 4.91. The average molecular weight is 300 g/mol. The largest absolute Gasteiger partial charge is 0.192 e. The molecule has 0 fully saturated rings. The van der Waals surface area contributed by atoms with Crippen LogP contribution >= 0.6 is 23.2 Å².